The molecule has 1 amide bonds. The maximum atomic E-state index is 14.0. The molecule has 0 saturated heterocycles. The molecule has 1 N–H and O–H groups in total. The number of halogens is 3. The van der Waals surface area contributed by atoms with Gasteiger partial charge in [0.05, 0.1) is 10.5 Å². The molecule has 30 heavy (non-hydrogen) atoms. The molecule has 0 spiro atoms. The third kappa shape index (κ3) is 5.57. The highest BCUT2D eigenvalue weighted by Gasteiger charge is 2.25. The van der Waals surface area contributed by atoms with E-state index in [4.69, 9.17) is 4.74 Å². The van der Waals surface area contributed by atoms with Gasteiger partial charge in [0.15, 0.2) is 6.61 Å². The number of carbonyl (C=O) groups is 2. The van der Waals surface area contributed by atoms with E-state index in [9.17, 15) is 31.2 Å². The van der Waals surface area contributed by atoms with Crippen molar-refractivity contribution in [1.29, 1.82) is 0 Å². The SMILES string of the molecule is CCN(CC)S(=O)(=O)c1ccc(F)c(C(=O)OCC(=O)Nc2cc(F)cc(F)c2)c1. The van der Waals surface area contributed by atoms with E-state index in [1.165, 1.54) is 0 Å². The van der Waals surface area contributed by atoms with E-state index in [0.717, 1.165) is 34.6 Å². The molecule has 0 unspecified atom stereocenters. The highest BCUT2D eigenvalue weighted by atomic mass is 32.2. The van der Waals surface area contributed by atoms with Crippen LogP contribution in [0, 0.1) is 17.5 Å². The number of esters is 1. The van der Waals surface area contributed by atoms with Gasteiger partial charge in [0, 0.05) is 24.8 Å². The predicted molar refractivity (Wildman–Crippen MR) is 102 cm³/mol. The summed E-state index contributed by atoms with van der Waals surface area (Å²) >= 11 is 0. The number of anilines is 1. The Bertz CT molecular complexity index is 1040. The maximum Gasteiger partial charge on any atom is 0.341 e. The lowest BCUT2D eigenvalue weighted by Crippen LogP contribution is -2.30. The van der Waals surface area contributed by atoms with Crippen LogP contribution in [0.2, 0.25) is 0 Å². The number of nitrogens with one attached hydrogen (secondary N) is 1. The van der Waals surface area contributed by atoms with Crippen LogP contribution in [-0.4, -0.2) is 44.3 Å². The number of carbonyl (C=O) groups excluding carboxylic acids is 2. The molecule has 2 rings (SSSR count). The molecule has 2 aromatic rings. The van der Waals surface area contributed by atoms with Crippen LogP contribution in [0.15, 0.2) is 41.3 Å². The highest BCUT2D eigenvalue weighted by Crippen LogP contribution is 2.20. The first-order valence-electron chi connectivity index (χ1n) is 8.81. The summed E-state index contributed by atoms with van der Waals surface area (Å²) < 4.78 is 71.2. The summed E-state index contributed by atoms with van der Waals surface area (Å²) in [6, 6.07) is 4.96. The lowest BCUT2D eigenvalue weighted by Gasteiger charge is -2.18. The number of rotatable bonds is 8. The Balaban J connectivity index is 2.12. The Kier molecular flexibility index (Phi) is 7.57. The molecule has 7 nitrogen and oxygen atoms in total. The molecule has 0 atom stereocenters. The minimum Gasteiger partial charge on any atom is -0.452 e. The van der Waals surface area contributed by atoms with Crippen LogP contribution in [0.3, 0.4) is 0 Å². The van der Waals surface area contributed by atoms with Crippen molar-refractivity contribution in [2.75, 3.05) is 25.0 Å². The molecule has 2 aromatic carbocycles. The van der Waals surface area contributed by atoms with E-state index < -0.39 is 51.5 Å². The average molecular weight is 444 g/mol. The van der Waals surface area contributed by atoms with Crippen LogP contribution in [0.5, 0.6) is 0 Å². The molecular formula is C19H19F3N2O5S. The first kappa shape index (κ1) is 23.4. The van der Waals surface area contributed by atoms with Crippen molar-refractivity contribution in [3.8, 4) is 0 Å². The van der Waals surface area contributed by atoms with Gasteiger partial charge >= 0.3 is 5.97 Å². The Morgan fingerprint density at radius 3 is 2.17 bits per heavy atom. The van der Waals surface area contributed by atoms with Crippen molar-refractivity contribution in [3.05, 3.63) is 59.4 Å². The number of ether oxygens (including phenoxy) is 1. The van der Waals surface area contributed by atoms with Crippen LogP contribution in [0.25, 0.3) is 0 Å². The van der Waals surface area contributed by atoms with Gasteiger partial charge in [0.1, 0.15) is 17.5 Å². The molecule has 0 fully saturated rings. The molecule has 0 aliphatic rings. The van der Waals surface area contributed by atoms with Crippen molar-refractivity contribution >= 4 is 27.6 Å². The average Bonchev–Trinajstić information content (AvgIpc) is 2.66. The summed E-state index contributed by atoms with van der Waals surface area (Å²) in [6.45, 7) is 2.72. The van der Waals surface area contributed by atoms with Crippen molar-refractivity contribution < 1.29 is 35.9 Å². The van der Waals surface area contributed by atoms with Crippen molar-refractivity contribution in [2.45, 2.75) is 18.7 Å². The molecule has 11 heteroatoms. The topological polar surface area (TPSA) is 92.8 Å². The molecule has 0 aromatic heterocycles. The fourth-order valence-electron chi connectivity index (χ4n) is 2.57. The summed E-state index contributed by atoms with van der Waals surface area (Å²) in [4.78, 5) is 23.7. The standard InChI is InChI=1S/C19H19F3N2O5S/c1-3-24(4-2)30(27,28)15-5-6-17(22)16(10-15)19(26)29-11-18(25)23-14-8-12(20)7-13(21)9-14/h5-10H,3-4,11H2,1-2H3,(H,23,25). The lowest BCUT2D eigenvalue weighted by atomic mass is 10.2. The van der Waals surface area contributed by atoms with Crippen molar-refractivity contribution in [2.24, 2.45) is 0 Å². The molecular weight excluding hydrogens is 425 g/mol. The van der Waals surface area contributed by atoms with Crippen molar-refractivity contribution in [3.63, 3.8) is 0 Å². The monoisotopic (exact) mass is 444 g/mol. The van der Waals surface area contributed by atoms with Gasteiger partial charge in [-0.15, -0.1) is 0 Å². The zero-order chi connectivity index (χ0) is 22.5. The largest absolute Gasteiger partial charge is 0.452 e. The first-order valence-corrected chi connectivity index (χ1v) is 10.2. The van der Waals surface area contributed by atoms with E-state index in [0.29, 0.717) is 6.07 Å². The highest BCUT2D eigenvalue weighted by molar-refractivity contribution is 7.89. The summed E-state index contributed by atoms with van der Waals surface area (Å²) in [6.07, 6.45) is 0. The second kappa shape index (κ2) is 9.72. The smallest absolute Gasteiger partial charge is 0.341 e. The van der Waals surface area contributed by atoms with Gasteiger partial charge in [0.25, 0.3) is 5.91 Å². The van der Waals surface area contributed by atoms with E-state index in [1.807, 2.05) is 0 Å². The third-order valence-electron chi connectivity index (χ3n) is 3.98. The number of sulfonamides is 1. The molecule has 0 heterocycles. The quantitative estimate of drug-likeness (QED) is 0.632. The number of hydrogen-bond donors (Lipinski definition) is 1. The minimum absolute atomic E-state index is 0.177. The second-order valence-electron chi connectivity index (χ2n) is 6.01. The van der Waals surface area contributed by atoms with Crippen LogP contribution >= 0.6 is 0 Å². The van der Waals surface area contributed by atoms with Gasteiger partial charge in [-0.1, -0.05) is 13.8 Å². The molecule has 0 aliphatic heterocycles. The van der Waals surface area contributed by atoms with Gasteiger partial charge in [-0.3, -0.25) is 4.79 Å². The summed E-state index contributed by atoms with van der Waals surface area (Å²) in [5.41, 5.74) is -0.875. The van der Waals surface area contributed by atoms with Crippen LogP contribution in [0.1, 0.15) is 24.2 Å². The fraction of sp³-hybridized carbons (Fsp3) is 0.263. The normalized spacial score (nSPS) is 11.4. The van der Waals surface area contributed by atoms with Gasteiger partial charge in [-0.2, -0.15) is 4.31 Å². The molecule has 162 valence electrons. The van der Waals surface area contributed by atoms with E-state index in [1.54, 1.807) is 13.8 Å². The molecule has 0 aliphatic carbocycles. The van der Waals surface area contributed by atoms with Gasteiger partial charge in [0.2, 0.25) is 10.0 Å². The number of benzene rings is 2. The summed E-state index contributed by atoms with van der Waals surface area (Å²) in [7, 11) is -3.95. The number of hydrogen-bond acceptors (Lipinski definition) is 5. The summed E-state index contributed by atoms with van der Waals surface area (Å²) in [5.74, 6) is -5.08. The number of nitrogens with zero attached hydrogens (tertiary/aromatic N) is 1. The predicted octanol–water partition coefficient (Wildman–Crippen LogP) is 2.93. The van der Waals surface area contributed by atoms with Gasteiger partial charge in [-0.25, -0.2) is 26.4 Å². The van der Waals surface area contributed by atoms with Crippen molar-refractivity contribution in [1.82, 2.24) is 4.31 Å². The maximum absolute atomic E-state index is 14.0. The first-order chi connectivity index (χ1) is 14.1. The Morgan fingerprint density at radius 2 is 1.60 bits per heavy atom. The Morgan fingerprint density at radius 1 is 1.00 bits per heavy atom. The van der Waals surface area contributed by atoms with Gasteiger partial charge < -0.3 is 10.1 Å². The zero-order valence-electron chi connectivity index (χ0n) is 16.1. The third-order valence-corrected chi connectivity index (χ3v) is 6.03. The molecule has 0 radical (unpaired) electrons. The van der Waals surface area contributed by atoms with E-state index in [2.05, 4.69) is 5.32 Å². The van der Waals surface area contributed by atoms with Crippen LogP contribution in [-0.2, 0) is 19.6 Å². The van der Waals surface area contributed by atoms with Crippen LogP contribution < -0.4 is 5.32 Å². The van der Waals surface area contributed by atoms with Crippen LogP contribution in [0.4, 0.5) is 18.9 Å². The Hall–Kier alpha value is -2.92. The minimum atomic E-state index is -3.95. The molecule has 0 bridgehead atoms. The van der Waals surface area contributed by atoms with E-state index in [-0.39, 0.29) is 23.7 Å². The summed E-state index contributed by atoms with van der Waals surface area (Å²) in [5, 5.41) is 2.12. The second-order valence-corrected chi connectivity index (χ2v) is 7.95. The van der Waals surface area contributed by atoms with Gasteiger partial charge in [-0.05, 0) is 30.3 Å². The van der Waals surface area contributed by atoms with E-state index >= 15 is 0 Å². The number of amides is 1. The Labute approximate surface area is 171 Å². The fourth-order valence-corrected chi connectivity index (χ4v) is 4.05. The lowest BCUT2D eigenvalue weighted by molar-refractivity contribution is -0.119. The zero-order valence-corrected chi connectivity index (χ0v) is 16.9. The molecule has 0 saturated carbocycles.